The van der Waals surface area contributed by atoms with Gasteiger partial charge in [0.25, 0.3) is 0 Å². The zero-order valence-electron chi connectivity index (χ0n) is 11.9. The van der Waals surface area contributed by atoms with Gasteiger partial charge in [-0.1, -0.05) is 39.5 Å². The highest BCUT2D eigenvalue weighted by Crippen LogP contribution is 2.28. The maximum Gasteiger partial charge on any atom is 0.223 e. The van der Waals surface area contributed by atoms with Gasteiger partial charge >= 0.3 is 0 Å². The molecule has 1 N–H and O–H groups in total. The van der Waals surface area contributed by atoms with E-state index in [0.29, 0.717) is 5.92 Å². The van der Waals surface area contributed by atoms with E-state index in [-0.39, 0.29) is 17.2 Å². The number of hydrogen-bond acceptors (Lipinski definition) is 1. The average Bonchev–Trinajstić information content (AvgIpc) is 2.37. The Morgan fingerprint density at radius 2 is 1.83 bits per heavy atom. The zero-order valence-corrected chi connectivity index (χ0v) is 12.6. The van der Waals surface area contributed by atoms with Gasteiger partial charge in [-0.05, 0) is 31.6 Å². The highest BCUT2D eigenvalue weighted by molar-refractivity contribution is 6.20. The minimum atomic E-state index is 0.206. The van der Waals surface area contributed by atoms with Gasteiger partial charge in [0, 0.05) is 17.8 Å². The molecule has 0 aromatic rings. The minimum Gasteiger partial charge on any atom is -0.356 e. The maximum absolute atomic E-state index is 12.1. The molecule has 1 saturated carbocycles. The fourth-order valence-corrected chi connectivity index (χ4v) is 3.24. The van der Waals surface area contributed by atoms with E-state index < -0.39 is 0 Å². The summed E-state index contributed by atoms with van der Waals surface area (Å²) in [5.74, 6) is 0.929. The summed E-state index contributed by atoms with van der Waals surface area (Å²) in [6, 6.07) is 0. The fourth-order valence-electron chi connectivity index (χ4n) is 2.87. The van der Waals surface area contributed by atoms with Crippen molar-refractivity contribution in [3.05, 3.63) is 0 Å². The first-order valence-electron chi connectivity index (χ1n) is 7.60. The van der Waals surface area contributed by atoms with Gasteiger partial charge in [-0.3, -0.25) is 4.79 Å². The van der Waals surface area contributed by atoms with Gasteiger partial charge in [-0.15, -0.1) is 11.6 Å². The summed E-state index contributed by atoms with van der Waals surface area (Å²) in [6.45, 7) is 5.06. The normalized spacial score (nSPS) is 24.2. The predicted molar refractivity (Wildman–Crippen MR) is 77.9 cm³/mol. The molecule has 2 unspecified atom stereocenters. The average molecular weight is 274 g/mol. The molecule has 0 aromatic carbocycles. The molecular formula is C15H28ClNO. The highest BCUT2D eigenvalue weighted by atomic mass is 35.5. The Morgan fingerprint density at radius 3 is 2.39 bits per heavy atom. The van der Waals surface area contributed by atoms with Crippen LogP contribution in [0.15, 0.2) is 0 Å². The molecule has 3 heteroatoms. The molecule has 0 aromatic heterocycles. The van der Waals surface area contributed by atoms with Crippen LogP contribution in [0.1, 0.15) is 65.2 Å². The van der Waals surface area contributed by atoms with E-state index in [2.05, 4.69) is 19.2 Å². The number of rotatable bonds is 7. The zero-order chi connectivity index (χ0) is 13.4. The Morgan fingerprint density at radius 1 is 1.22 bits per heavy atom. The van der Waals surface area contributed by atoms with E-state index in [4.69, 9.17) is 11.6 Å². The number of carbonyl (C=O) groups is 1. The number of halogens is 1. The van der Waals surface area contributed by atoms with E-state index in [9.17, 15) is 4.79 Å². The van der Waals surface area contributed by atoms with Crippen LogP contribution in [0.2, 0.25) is 0 Å². The molecular weight excluding hydrogens is 246 g/mol. The Hall–Kier alpha value is -0.240. The van der Waals surface area contributed by atoms with Crippen LogP contribution in [-0.2, 0) is 4.79 Å². The first-order valence-corrected chi connectivity index (χ1v) is 8.04. The van der Waals surface area contributed by atoms with Gasteiger partial charge in [-0.2, -0.15) is 0 Å². The molecule has 1 rings (SSSR count). The second-order valence-corrected chi connectivity index (χ2v) is 6.14. The monoisotopic (exact) mass is 273 g/mol. The molecule has 0 bridgehead atoms. The Labute approximate surface area is 117 Å². The molecule has 1 amide bonds. The first kappa shape index (κ1) is 15.8. The van der Waals surface area contributed by atoms with Crippen molar-refractivity contribution in [2.45, 2.75) is 70.6 Å². The van der Waals surface area contributed by atoms with Crippen LogP contribution in [0.4, 0.5) is 0 Å². The highest BCUT2D eigenvalue weighted by Gasteiger charge is 2.24. The van der Waals surface area contributed by atoms with Crippen molar-refractivity contribution < 1.29 is 4.79 Å². The number of amides is 1. The quantitative estimate of drug-likeness (QED) is 0.695. The van der Waals surface area contributed by atoms with Gasteiger partial charge in [0.15, 0.2) is 0 Å². The smallest absolute Gasteiger partial charge is 0.223 e. The number of alkyl halides is 1. The second kappa shape index (κ2) is 8.79. The summed E-state index contributed by atoms with van der Waals surface area (Å²) in [4.78, 5) is 12.1. The van der Waals surface area contributed by atoms with Gasteiger partial charge in [0.05, 0.1) is 0 Å². The van der Waals surface area contributed by atoms with E-state index in [1.54, 1.807) is 0 Å². The lowest BCUT2D eigenvalue weighted by Gasteiger charge is -2.27. The van der Waals surface area contributed by atoms with Crippen LogP contribution in [0.25, 0.3) is 0 Å². The Bertz CT molecular complexity index is 239. The number of nitrogens with one attached hydrogen (secondary N) is 1. The van der Waals surface area contributed by atoms with Crippen LogP contribution in [0.5, 0.6) is 0 Å². The third-order valence-electron chi connectivity index (χ3n) is 4.00. The largest absolute Gasteiger partial charge is 0.356 e. The van der Waals surface area contributed by atoms with Crippen LogP contribution in [0, 0.1) is 11.8 Å². The van der Waals surface area contributed by atoms with Crippen molar-refractivity contribution in [2.75, 3.05) is 6.54 Å². The molecule has 0 aliphatic heterocycles. The molecule has 1 fully saturated rings. The van der Waals surface area contributed by atoms with Crippen molar-refractivity contribution in [1.29, 1.82) is 0 Å². The van der Waals surface area contributed by atoms with Gasteiger partial charge in [-0.25, -0.2) is 0 Å². The topological polar surface area (TPSA) is 29.1 Å². The summed E-state index contributed by atoms with van der Waals surface area (Å²) in [5.41, 5.74) is 0. The van der Waals surface area contributed by atoms with Crippen molar-refractivity contribution in [2.24, 2.45) is 11.8 Å². The van der Waals surface area contributed by atoms with Crippen LogP contribution in [0.3, 0.4) is 0 Å². The molecule has 0 spiro atoms. The fraction of sp³-hybridized carbons (Fsp3) is 0.933. The third-order valence-corrected chi connectivity index (χ3v) is 4.57. The van der Waals surface area contributed by atoms with Crippen LogP contribution < -0.4 is 5.32 Å². The summed E-state index contributed by atoms with van der Waals surface area (Å²) >= 11 is 6.32. The molecule has 106 valence electrons. The number of carbonyl (C=O) groups excluding carboxylic acids is 1. The molecule has 0 saturated heterocycles. The van der Waals surface area contributed by atoms with Crippen molar-refractivity contribution in [3.8, 4) is 0 Å². The predicted octanol–water partition coefficient (Wildman–Crippen LogP) is 4.12. The van der Waals surface area contributed by atoms with E-state index in [1.165, 1.54) is 19.3 Å². The minimum absolute atomic E-state index is 0.206. The van der Waals surface area contributed by atoms with Crippen molar-refractivity contribution >= 4 is 17.5 Å². The van der Waals surface area contributed by atoms with E-state index in [0.717, 1.165) is 38.6 Å². The van der Waals surface area contributed by atoms with Gasteiger partial charge < -0.3 is 5.32 Å². The molecule has 18 heavy (non-hydrogen) atoms. The van der Waals surface area contributed by atoms with Gasteiger partial charge in [0.1, 0.15) is 0 Å². The molecule has 0 heterocycles. The second-order valence-electron chi connectivity index (χ2n) is 5.58. The lowest BCUT2D eigenvalue weighted by atomic mass is 9.88. The van der Waals surface area contributed by atoms with Crippen LogP contribution in [-0.4, -0.2) is 17.8 Å². The maximum atomic E-state index is 12.1. The molecule has 2 nitrogen and oxygen atoms in total. The van der Waals surface area contributed by atoms with Crippen LogP contribution >= 0.6 is 11.6 Å². The van der Waals surface area contributed by atoms with Crippen molar-refractivity contribution in [3.63, 3.8) is 0 Å². The van der Waals surface area contributed by atoms with E-state index in [1.807, 2.05) is 0 Å². The summed E-state index contributed by atoms with van der Waals surface area (Å²) in [6.07, 6.45) is 8.96. The van der Waals surface area contributed by atoms with Crippen molar-refractivity contribution in [1.82, 2.24) is 5.32 Å². The summed E-state index contributed by atoms with van der Waals surface area (Å²) in [7, 11) is 0. The Kier molecular flexibility index (Phi) is 7.73. The lowest BCUT2D eigenvalue weighted by Crippen LogP contribution is -2.38. The summed E-state index contributed by atoms with van der Waals surface area (Å²) < 4.78 is 0. The lowest BCUT2D eigenvalue weighted by molar-refractivity contribution is -0.125. The molecule has 1 aliphatic rings. The molecule has 2 atom stereocenters. The third kappa shape index (κ3) is 5.17. The molecule has 0 radical (unpaired) electrons. The van der Waals surface area contributed by atoms with Gasteiger partial charge in [0.2, 0.25) is 5.91 Å². The Balaban J connectivity index is 2.33. The SMILES string of the molecule is CCCC(CCC)C(=O)NCC1CCCCC1Cl. The molecule has 1 aliphatic carbocycles. The summed E-state index contributed by atoms with van der Waals surface area (Å²) in [5, 5.41) is 3.39. The van der Waals surface area contributed by atoms with E-state index >= 15 is 0 Å². The first-order chi connectivity index (χ1) is 8.69. The standard InChI is InChI=1S/C15H28ClNO/c1-3-7-12(8-4-2)15(18)17-11-13-9-5-6-10-14(13)16/h12-14H,3-11H2,1-2H3,(H,17,18). The number of hydrogen-bond donors (Lipinski definition) is 1.